The smallest absolute Gasteiger partial charge is 0.325 e. The molecule has 24 heavy (non-hydrogen) atoms. The molecule has 0 aliphatic carbocycles. The molecule has 2 aromatic rings. The lowest BCUT2D eigenvalue weighted by atomic mass is 10.1. The Labute approximate surface area is 140 Å². The highest BCUT2D eigenvalue weighted by Gasteiger charge is 2.15. The summed E-state index contributed by atoms with van der Waals surface area (Å²) >= 11 is 0. The van der Waals surface area contributed by atoms with Gasteiger partial charge < -0.3 is 9.88 Å². The normalized spacial score (nSPS) is 10.6. The molecule has 1 heterocycles. The van der Waals surface area contributed by atoms with Crippen molar-refractivity contribution in [3.05, 3.63) is 68.0 Å². The second-order valence-electron chi connectivity index (χ2n) is 5.81. The number of aromatic nitrogens is 2. The van der Waals surface area contributed by atoms with Gasteiger partial charge in [0, 0.05) is 30.8 Å². The van der Waals surface area contributed by atoms with Crippen LogP contribution in [0.1, 0.15) is 36.6 Å². The van der Waals surface area contributed by atoms with Gasteiger partial charge in [0.05, 0.1) is 0 Å². The number of aryl methyl sites for hydroxylation is 1. The Morgan fingerprint density at radius 1 is 1.12 bits per heavy atom. The maximum Gasteiger partial charge on any atom is 0.325 e. The number of nitrogens with zero attached hydrogens (tertiary/aromatic N) is 1. The predicted molar refractivity (Wildman–Crippen MR) is 92.9 cm³/mol. The van der Waals surface area contributed by atoms with E-state index in [0.29, 0.717) is 30.8 Å². The molecule has 0 aliphatic rings. The van der Waals surface area contributed by atoms with Crippen LogP contribution in [0.3, 0.4) is 0 Å². The van der Waals surface area contributed by atoms with Gasteiger partial charge in [-0.25, -0.2) is 4.79 Å². The fraction of sp³-hybridized carbons (Fsp3) is 0.389. The van der Waals surface area contributed by atoms with Gasteiger partial charge in [-0.3, -0.25) is 14.6 Å². The van der Waals surface area contributed by atoms with E-state index in [4.69, 9.17) is 0 Å². The number of H-pyrrole nitrogens is 2. The minimum absolute atomic E-state index is 0.00528. The second-order valence-corrected chi connectivity index (χ2v) is 5.81. The Morgan fingerprint density at radius 3 is 2.46 bits per heavy atom. The number of nitrogens with one attached hydrogen (secondary N) is 2. The van der Waals surface area contributed by atoms with Gasteiger partial charge >= 0.3 is 5.69 Å². The van der Waals surface area contributed by atoms with E-state index < -0.39 is 11.2 Å². The van der Waals surface area contributed by atoms with Crippen molar-refractivity contribution >= 4 is 5.91 Å². The van der Waals surface area contributed by atoms with Crippen molar-refractivity contribution in [3.8, 4) is 0 Å². The van der Waals surface area contributed by atoms with Gasteiger partial charge in [-0.05, 0) is 25.3 Å². The van der Waals surface area contributed by atoms with Crippen molar-refractivity contribution in [1.29, 1.82) is 0 Å². The average molecular weight is 329 g/mol. The van der Waals surface area contributed by atoms with Crippen LogP contribution in [0.25, 0.3) is 0 Å². The minimum Gasteiger partial charge on any atom is -0.338 e. The van der Waals surface area contributed by atoms with Crippen LogP contribution in [0, 0.1) is 6.92 Å². The standard InChI is InChI=1S/C18H23N3O3/c1-3-11-21(12-14-7-5-4-6-8-14)16(22)10-9-15-13(2)19-18(24)20-17(15)23/h4-8H,3,9-12H2,1-2H3,(H2,19,20,23,24). The molecule has 0 fully saturated rings. The number of aromatic amines is 2. The molecule has 2 N–H and O–H groups in total. The highest BCUT2D eigenvalue weighted by Crippen LogP contribution is 2.09. The van der Waals surface area contributed by atoms with Crippen molar-refractivity contribution < 1.29 is 4.79 Å². The van der Waals surface area contributed by atoms with Crippen LogP contribution in [0.4, 0.5) is 0 Å². The monoisotopic (exact) mass is 329 g/mol. The lowest BCUT2D eigenvalue weighted by molar-refractivity contribution is -0.131. The van der Waals surface area contributed by atoms with Gasteiger partial charge in [-0.15, -0.1) is 0 Å². The number of amides is 1. The van der Waals surface area contributed by atoms with Crippen LogP contribution in [0.15, 0.2) is 39.9 Å². The Bertz CT molecular complexity index is 793. The first-order valence-electron chi connectivity index (χ1n) is 8.15. The van der Waals surface area contributed by atoms with Crippen LogP contribution in [-0.4, -0.2) is 27.3 Å². The van der Waals surface area contributed by atoms with Crippen molar-refractivity contribution in [2.24, 2.45) is 0 Å². The van der Waals surface area contributed by atoms with Gasteiger partial charge in [0.15, 0.2) is 0 Å². The van der Waals surface area contributed by atoms with Crippen molar-refractivity contribution in [2.75, 3.05) is 6.54 Å². The van der Waals surface area contributed by atoms with Crippen LogP contribution in [0.5, 0.6) is 0 Å². The zero-order valence-electron chi connectivity index (χ0n) is 14.1. The van der Waals surface area contributed by atoms with E-state index in [2.05, 4.69) is 9.97 Å². The average Bonchev–Trinajstić information content (AvgIpc) is 2.54. The first-order chi connectivity index (χ1) is 11.5. The van der Waals surface area contributed by atoms with E-state index in [1.54, 1.807) is 6.92 Å². The third kappa shape index (κ3) is 4.68. The third-order valence-electron chi connectivity index (χ3n) is 3.91. The quantitative estimate of drug-likeness (QED) is 0.811. The molecule has 2 rings (SSSR count). The van der Waals surface area contributed by atoms with Crippen molar-refractivity contribution in [2.45, 2.75) is 39.7 Å². The number of hydrogen-bond acceptors (Lipinski definition) is 3. The Kier molecular flexibility index (Phi) is 6.12. The fourth-order valence-corrected chi connectivity index (χ4v) is 2.68. The maximum atomic E-state index is 12.5. The van der Waals surface area contributed by atoms with E-state index >= 15 is 0 Å². The SMILES string of the molecule is CCCN(Cc1ccccc1)C(=O)CCc1c(C)[nH]c(=O)[nH]c1=O. The maximum absolute atomic E-state index is 12.5. The molecule has 0 radical (unpaired) electrons. The van der Waals surface area contributed by atoms with Crippen molar-refractivity contribution in [3.63, 3.8) is 0 Å². The molecular formula is C18H23N3O3. The van der Waals surface area contributed by atoms with Crippen LogP contribution in [-0.2, 0) is 17.8 Å². The van der Waals surface area contributed by atoms with E-state index in [0.717, 1.165) is 12.0 Å². The highest BCUT2D eigenvalue weighted by atomic mass is 16.2. The Morgan fingerprint density at radius 2 is 1.83 bits per heavy atom. The van der Waals surface area contributed by atoms with E-state index in [-0.39, 0.29) is 12.3 Å². The molecule has 1 aromatic carbocycles. The van der Waals surface area contributed by atoms with Crippen LogP contribution < -0.4 is 11.2 Å². The summed E-state index contributed by atoms with van der Waals surface area (Å²) in [5.74, 6) is 0.00528. The van der Waals surface area contributed by atoms with Crippen LogP contribution in [0.2, 0.25) is 0 Å². The largest absolute Gasteiger partial charge is 0.338 e. The zero-order valence-corrected chi connectivity index (χ0v) is 14.1. The molecule has 6 nitrogen and oxygen atoms in total. The molecule has 6 heteroatoms. The summed E-state index contributed by atoms with van der Waals surface area (Å²) in [7, 11) is 0. The molecule has 0 spiro atoms. The Hall–Kier alpha value is -2.63. The number of carbonyl (C=O) groups excluding carboxylic acids is 1. The molecule has 0 unspecified atom stereocenters. The summed E-state index contributed by atoms with van der Waals surface area (Å²) in [6.45, 7) is 4.94. The highest BCUT2D eigenvalue weighted by molar-refractivity contribution is 5.76. The van der Waals surface area contributed by atoms with Gasteiger partial charge in [-0.2, -0.15) is 0 Å². The number of carbonyl (C=O) groups is 1. The molecule has 128 valence electrons. The van der Waals surface area contributed by atoms with E-state index in [1.165, 1.54) is 0 Å². The summed E-state index contributed by atoms with van der Waals surface area (Å²) in [6.07, 6.45) is 1.42. The molecule has 0 atom stereocenters. The van der Waals surface area contributed by atoms with Gasteiger partial charge in [0.1, 0.15) is 0 Å². The molecule has 0 saturated carbocycles. The lowest BCUT2D eigenvalue weighted by Crippen LogP contribution is -2.33. The molecule has 0 bridgehead atoms. The summed E-state index contributed by atoms with van der Waals surface area (Å²) in [5.41, 5.74) is 1.11. The molecular weight excluding hydrogens is 306 g/mol. The predicted octanol–water partition coefficient (Wildman–Crippen LogP) is 1.74. The first-order valence-corrected chi connectivity index (χ1v) is 8.15. The Balaban J connectivity index is 2.06. The molecule has 1 aromatic heterocycles. The van der Waals surface area contributed by atoms with Gasteiger partial charge in [-0.1, -0.05) is 37.3 Å². The number of rotatable bonds is 7. The van der Waals surface area contributed by atoms with E-state index in [9.17, 15) is 14.4 Å². The zero-order chi connectivity index (χ0) is 17.5. The third-order valence-corrected chi connectivity index (χ3v) is 3.91. The minimum atomic E-state index is -0.524. The summed E-state index contributed by atoms with van der Waals surface area (Å²) in [4.78, 5) is 42.2. The lowest BCUT2D eigenvalue weighted by Gasteiger charge is -2.22. The fourth-order valence-electron chi connectivity index (χ4n) is 2.68. The molecule has 0 saturated heterocycles. The molecule has 0 aliphatic heterocycles. The van der Waals surface area contributed by atoms with Gasteiger partial charge in [0.2, 0.25) is 5.91 Å². The summed E-state index contributed by atoms with van der Waals surface area (Å²) in [5, 5.41) is 0. The molecule has 1 amide bonds. The number of benzene rings is 1. The topological polar surface area (TPSA) is 86.0 Å². The van der Waals surface area contributed by atoms with Crippen LogP contribution >= 0.6 is 0 Å². The first kappa shape index (κ1) is 17.7. The second kappa shape index (κ2) is 8.29. The summed E-state index contributed by atoms with van der Waals surface area (Å²) in [6, 6.07) is 9.83. The summed E-state index contributed by atoms with van der Waals surface area (Å²) < 4.78 is 0. The van der Waals surface area contributed by atoms with Gasteiger partial charge in [0.25, 0.3) is 5.56 Å². The van der Waals surface area contributed by atoms with E-state index in [1.807, 2.05) is 42.2 Å². The van der Waals surface area contributed by atoms with Crippen molar-refractivity contribution in [1.82, 2.24) is 14.9 Å². The number of hydrogen-bond donors (Lipinski definition) is 2.